The van der Waals surface area contributed by atoms with E-state index in [0.717, 1.165) is 0 Å². The third-order valence-corrected chi connectivity index (χ3v) is 4.15. The Kier molecular flexibility index (Phi) is 5.18. The van der Waals surface area contributed by atoms with Crippen molar-refractivity contribution in [3.8, 4) is 0 Å². The van der Waals surface area contributed by atoms with Crippen LogP contribution in [0, 0.1) is 6.92 Å². The Morgan fingerprint density at radius 1 is 1.48 bits per heavy atom. The smallest absolute Gasteiger partial charge is 0.329 e. The molecule has 9 heteroatoms. The van der Waals surface area contributed by atoms with Crippen LogP contribution in [0.1, 0.15) is 24.6 Å². The Morgan fingerprint density at radius 3 is 2.76 bits per heavy atom. The lowest BCUT2D eigenvalue weighted by molar-refractivity contribution is -0.149. The number of amides is 1. The van der Waals surface area contributed by atoms with Crippen molar-refractivity contribution in [2.45, 2.75) is 31.9 Å². The number of aryl methyl sites for hydroxylation is 1. The summed E-state index contributed by atoms with van der Waals surface area (Å²) in [5.74, 6) is 0.748. The van der Waals surface area contributed by atoms with Gasteiger partial charge in [0.15, 0.2) is 5.82 Å². The van der Waals surface area contributed by atoms with Crippen LogP contribution in [0.25, 0.3) is 0 Å². The molecule has 1 aliphatic rings. The molecule has 0 aliphatic carbocycles. The van der Waals surface area contributed by atoms with Crippen molar-refractivity contribution in [3.63, 3.8) is 0 Å². The Bertz CT molecular complexity index is 513. The van der Waals surface area contributed by atoms with Crippen LogP contribution >= 0.6 is 11.8 Å². The minimum absolute atomic E-state index is 0.0180. The summed E-state index contributed by atoms with van der Waals surface area (Å²) in [5.41, 5.74) is -1.17. The quantitative estimate of drug-likeness (QED) is 0.773. The summed E-state index contributed by atoms with van der Waals surface area (Å²) < 4.78 is 9.99. The lowest BCUT2D eigenvalue weighted by atomic mass is 9.92. The summed E-state index contributed by atoms with van der Waals surface area (Å²) in [5, 5.41) is 15.5. The van der Waals surface area contributed by atoms with Crippen molar-refractivity contribution in [1.29, 1.82) is 0 Å². The molecule has 0 radical (unpaired) electrons. The zero-order valence-corrected chi connectivity index (χ0v) is 12.4. The Morgan fingerprint density at radius 2 is 2.19 bits per heavy atom. The lowest BCUT2D eigenvalue weighted by Crippen LogP contribution is -2.57. The number of nitrogens with zero attached hydrogens (tertiary/aromatic N) is 2. The Labute approximate surface area is 125 Å². The minimum Gasteiger partial charge on any atom is -0.480 e. The highest BCUT2D eigenvalue weighted by Crippen LogP contribution is 2.27. The number of hydrogen-bond acceptors (Lipinski definition) is 7. The standard InChI is InChI=1S/C12H17N3O5S/c1-8-13-10(20-15-8)7-19-6-9(16)14-12(11(17)18)2-4-21-5-3-12/h2-7H2,1H3,(H,14,16)(H,17,18). The van der Waals surface area contributed by atoms with E-state index in [1.165, 1.54) is 0 Å². The summed E-state index contributed by atoms with van der Waals surface area (Å²) in [4.78, 5) is 27.2. The second-order valence-corrected chi connectivity index (χ2v) is 6.00. The maximum atomic E-state index is 11.8. The predicted octanol–water partition coefficient (Wildman–Crippen LogP) is 0.361. The molecule has 0 bridgehead atoms. The zero-order valence-electron chi connectivity index (χ0n) is 11.6. The van der Waals surface area contributed by atoms with Crippen LogP contribution in [0.15, 0.2) is 4.52 Å². The van der Waals surface area contributed by atoms with Gasteiger partial charge in [-0.05, 0) is 31.3 Å². The Hall–Kier alpha value is -1.61. The largest absolute Gasteiger partial charge is 0.480 e. The molecule has 0 unspecified atom stereocenters. The molecule has 1 fully saturated rings. The number of rotatable bonds is 6. The van der Waals surface area contributed by atoms with Gasteiger partial charge in [0.25, 0.3) is 5.89 Å². The number of carboxylic acid groups (broad SMARTS) is 1. The first-order chi connectivity index (χ1) is 10.0. The third kappa shape index (κ3) is 4.18. The normalized spacial score (nSPS) is 17.4. The van der Waals surface area contributed by atoms with Crippen LogP contribution in [0.5, 0.6) is 0 Å². The maximum Gasteiger partial charge on any atom is 0.329 e. The fraction of sp³-hybridized carbons (Fsp3) is 0.667. The minimum atomic E-state index is -1.17. The Balaban J connectivity index is 1.81. The molecule has 1 aromatic rings. The first kappa shape index (κ1) is 15.8. The summed E-state index contributed by atoms with van der Waals surface area (Å²) in [7, 11) is 0. The van der Waals surface area contributed by atoms with Crippen molar-refractivity contribution in [3.05, 3.63) is 11.7 Å². The van der Waals surface area contributed by atoms with E-state index >= 15 is 0 Å². The number of nitrogens with one attached hydrogen (secondary N) is 1. The van der Waals surface area contributed by atoms with Crippen LogP contribution in [0.4, 0.5) is 0 Å². The second kappa shape index (κ2) is 6.90. The number of carbonyl (C=O) groups excluding carboxylic acids is 1. The van der Waals surface area contributed by atoms with Crippen LogP contribution in [0.3, 0.4) is 0 Å². The molecule has 0 saturated carbocycles. The molecule has 8 nitrogen and oxygen atoms in total. The van der Waals surface area contributed by atoms with Crippen LogP contribution in [-0.4, -0.2) is 50.8 Å². The summed E-state index contributed by atoms with van der Waals surface area (Å²) >= 11 is 1.69. The second-order valence-electron chi connectivity index (χ2n) is 4.78. The number of carbonyl (C=O) groups is 2. The summed E-state index contributed by atoms with van der Waals surface area (Å²) in [6.45, 7) is 1.45. The monoisotopic (exact) mass is 315 g/mol. The van der Waals surface area contributed by atoms with E-state index in [4.69, 9.17) is 9.26 Å². The molecular formula is C12H17N3O5S. The van der Waals surface area contributed by atoms with Gasteiger partial charge in [0.1, 0.15) is 18.8 Å². The molecule has 116 valence electrons. The molecular weight excluding hydrogens is 298 g/mol. The highest BCUT2D eigenvalue weighted by Gasteiger charge is 2.41. The van der Waals surface area contributed by atoms with E-state index < -0.39 is 17.4 Å². The van der Waals surface area contributed by atoms with Crippen molar-refractivity contribution in [2.24, 2.45) is 0 Å². The number of thioether (sulfide) groups is 1. The highest BCUT2D eigenvalue weighted by molar-refractivity contribution is 7.99. The number of carboxylic acids is 1. The lowest BCUT2D eigenvalue weighted by Gasteiger charge is -2.33. The molecule has 1 saturated heterocycles. The maximum absolute atomic E-state index is 11.8. The van der Waals surface area contributed by atoms with Gasteiger partial charge in [-0.15, -0.1) is 0 Å². The van der Waals surface area contributed by atoms with Gasteiger partial charge in [0, 0.05) is 0 Å². The van der Waals surface area contributed by atoms with Gasteiger partial charge in [0.05, 0.1) is 0 Å². The predicted molar refractivity (Wildman–Crippen MR) is 73.8 cm³/mol. The van der Waals surface area contributed by atoms with Gasteiger partial charge in [-0.1, -0.05) is 5.16 Å². The molecule has 0 atom stereocenters. The topological polar surface area (TPSA) is 115 Å². The number of hydrogen-bond donors (Lipinski definition) is 2. The third-order valence-electron chi connectivity index (χ3n) is 3.16. The van der Waals surface area contributed by atoms with E-state index in [1.807, 2.05) is 0 Å². The van der Waals surface area contributed by atoms with Crippen molar-refractivity contribution < 1.29 is 24.0 Å². The van der Waals surface area contributed by atoms with Gasteiger partial charge in [-0.3, -0.25) is 4.79 Å². The highest BCUT2D eigenvalue weighted by atomic mass is 32.2. The van der Waals surface area contributed by atoms with Crippen molar-refractivity contribution >= 4 is 23.6 Å². The first-order valence-corrected chi connectivity index (χ1v) is 7.66. The molecule has 2 N–H and O–H groups in total. The molecule has 1 aliphatic heterocycles. The first-order valence-electron chi connectivity index (χ1n) is 6.51. The van der Waals surface area contributed by atoms with E-state index in [1.54, 1.807) is 18.7 Å². The van der Waals surface area contributed by atoms with Gasteiger partial charge in [0.2, 0.25) is 5.91 Å². The van der Waals surface area contributed by atoms with Crippen LogP contribution in [0.2, 0.25) is 0 Å². The molecule has 1 amide bonds. The number of ether oxygens (including phenoxy) is 1. The van der Waals surface area contributed by atoms with Gasteiger partial charge in [-0.25, -0.2) is 4.79 Å². The number of aromatic nitrogens is 2. The average molecular weight is 315 g/mol. The van der Waals surface area contributed by atoms with E-state index in [0.29, 0.717) is 30.2 Å². The average Bonchev–Trinajstić information content (AvgIpc) is 2.85. The molecule has 2 heterocycles. The molecule has 21 heavy (non-hydrogen) atoms. The fourth-order valence-corrected chi connectivity index (χ4v) is 3.23. The van der Waals surface area contributed by atoms with Gasteiger partial charge < -0.3 is 19.7 Å². The molecule has 1 aromatic heterocycles. The van der Waals surface area contributed by atoms with Crippen molar-refractivity contribution in [1.82, 2.24) is 15.5 Å². The fourth-order valence-electron chi connectivity index (χ4n) is 2.04. The SMILES string of the molecule is Cc1noc(COCC(=O)NC2(C(=O)O)CCSCC2)n1. The van der Waals surface area contributed by atoms with Gasteiger partial charge in [-0.2, -0.15) is 16.7 Å². The van der Waals surface area contributed by atoms with E-state index in [2.05, 4.69) is 15.5 Å². The van der Waals surface area contributed by atoms with E-state index in [9.17, 15) is 14.7 Å². The van der Waals surface area contributed by atoms with Crippen molar-refractivity contribution in [2.75, 3.05) is 18.1 Å². The van der Waals surface area contributed by atoms with Crippen LogP contribution in [-0.2, 0) is 20.9 Å². The number of aliphatic carboxylic acids is 1. The van der Waals surface area contributed by atoms with E-state index in [-0.39, 0.29) is 19.1 Å². The zero-order chi connectivity index (χ0) is 15.3. The summed E-state index contributed by atoms with van der Waals surface area (Å²) in [6, 6.07) is 0. The van der Waals surface area contributed by atoms with Crippen LogP contribution < -0.4 is 5.32 Å². The summed E-state index contributed by atoms with van der Waals surface area (Å²) in [6.07, 6.45) is 0.836. The molecule has 2 rings (SSSR count). The van der Waals surface area contributed by atoms with Gasteiger partial charge >= 0.3 is 5.97 Å². The molecule has 0 aromatic carbocycles. The molecule has 0 spiro atoms.